The van der Waals surface area contributed by atoms with E-state index in [2.05, 4.69) is 26.0 Å². The molecular formula is C17H16BrF2NO3. The van der Waals surface area contributed by atoms with Crippen molar-refractivity contribution in [2.75, 3.05) is 5.32 Å². The maximum atomic E-state index is 12.4. The van der Waals surface area contributed by atoms with Crippen LogP contribution in [0.25, 0.3) is 0 Å². The minimum Gasteiger partial charge on any atom is -0.480 e. The van der Waals surface area contributed by atoms with Crippen LogP contribution in [-0.4, -0.2) is 18.6 Å². The van der Waals surface area contributed by atoms with Crippen LogP contribution in [0.1, 0.15) is 12.5 Å². The first-order valence-electron chi connectivity index (χ1n) is 7.14. The lowest BCUT2D eigenvalue weighted by Gasteiger charge is -2.17. The second-order valence-electron chi connectivity index (χ2n) is 5.06. The van der Waals surface area contributed by atoms with Gasteiger partial charge in [-0.05, 0) is 59.6 Å². The van der Waals surface area contributed by atoms with Crippen molar-refractivity contribution in [2.45, 2.75) is 26.6 Å². The first kappa shape index (κ1) is 18.2. The minimum absolute atomic E-state index is 0.107. The van der Waals surface area contributed by atoms with E-state index in [0.717, 1.165) is 10.0 Å². The average molecular weight is 400 g/mol. The van der Waals surface area contributed by atoms with Crippen LogP contribution in [0.4, 0.5) is 14.5 Å². The molecule has 1 amide bonds. The Kier molecular flexibility index (Phi) is 6.14. The number of carbonyl (C=O) groups is 1. The number of ether oxygens (including phenoxy) is 2. The highest BCUT2D eigenvalue weighted by Crippen LogP contribution is 2.28. The molecule has 0 aliphatic carbocycles. The lowest BCUT2D eigenvalue weighted by molar-refractivity contribution is -0.122. The number of halogens is 3. The van der Waals surface area contributed by atoms with E-state index < -0.39 is 18.6 Å². The largest absolute Gasteiger partial charge is 0.480 e. The van der Waals surface area contributed by atoms with E-state index in [9.17, 15) is 13.6 Å². The molecule has 7 heteroatoms. The third kappa shape index (κ3) is 4.92. The highest BCUT2D eigenvalue weighted by molar-refractivity contribution is 9.10. The molecule has 1 atom stereocenters. The summed E-state index contributed by atoms with van der Waals surface area (Å²) in [5.74, 6) is -0.0716. The minimum atomic E-state index is -2.97. The van der Waals surface area contributed by atoms with Gasteiger partial charge in [0.15, 0.2) is 6.10 Å². The molecule has 0 radical (unpaired) electrons. The molecule has 128 valence electrons. The molecule has 0 saturated heterocycles. The quantitative estimate of drug-likeness (QED) is 0.761. The second kappa shape index (κ2) is 8.10. The van der Waals surface area contributed by atoms with Crippen molar-refractivity contribution in [3.63, 3.8) is 0 Å². The number of benzene rings is 2. The van der Waals surface area contributed by atoms with Crippen LogP contribution in [0.15, 0.2) is 46.9 Å². The fourth-order valence-corrected chi connectivity index (χ4v) is 2.54. The molecule has 0 aromatic heterocycles. The number of alkyl halides is 2. The van der Waals surface area contributed by atoms with Gasteiger partial charge in [0.25, 0.3) is 5.91 Å². The number of nitrogens with one attached hydrogen (secondary N) is 1. The molecule has 0 aliphatic rings. The van der Waals surface area contributed by atoms with Gasteiger partial charge >= 0.3 is 6.61 Å². The molecule has 2 rings (SSSR count). The van der Waals surface area contributed by atoms with Gasteiger partial charge in [-0.2, -0.15) is 8.78 Å². The van der Waals surface area contributed by atoms with Crippen LogP contribution in [-0.2, 0) is 4.79 Å². The summed E-state index contributed by atoms with van der Waals surface area (Å²) in [5, 5.41) is 2.53. The second-order valence-corrected chi connectivity index (χ2v) is 5.91. The number of hydrogen-bond donors (Lipinski definition) is 1. The van der Waals surface area contributed by atoms with Gasteiger partial charge in [0.2, 0.25) is 0 Å². The number of amides is 1. The zero-order valence-electron chi connectivity index (χ0n) is 13.1. The molecule has 0 bridgehead atoms. The van der Waals surface area contributed by atoms with Crippen LogP contribution in [0, 0.1) is 6.92 Å². The van der Waals surface area contributed by atoms with E-state index in [0.29, 0.717) is 5.75 Å². The Morgan fingerprint density at radius 3 is 2.50 bits per heavy atom. The Labute approximate surface area is 146 Å². The highest BCUT2D eigenvalue weighted by atomic mass is 79.9. The Balaban J connectivity index is 2.06. The molecule has 1 N–H and O–H groups in total. The Bertz CT molecular complexity index is 725. The van der Waals surface area contributed by atoms with Crippen molar-refractivity contribution >= 4 is 27.5 Å². The van der Waals surface area contributed by atoms with Crippen LogP contribution in [0.3, 0.4) is 0 Å². The lowest BCUT2D eigenvalue weighted by atomic mass is 10.2. The predicted octanol–water partition coefficient (Wildman–Crippen LogP) is 4.76. The summed E-state index contributed by atoms with van der Waals surface area (Å²) in [5.41, 5.74) is 1.20. The normalized spacial score (nSPS) is 11.9. The summed E-state index contributed by atoms with van der Waals surface area (Å²) in [6.07, 6.45) is -0.830. The average Bonchev–Trinajstić information content (AvgIpc) is 2.51. The monoisotopic (exact) mass is 399 g/mol. The zero-order valence-corrected chi connectivity index (χ0v) is 14.6. The van der Waals surface area contributed by atoms with E-state index in [1.165, 1.54) is 18.2 Å². The number of para-hydroxylation sites is 2. The van der Waals surface area contributed by atoms with Gasteiger partial charge in [-0.3, -0.25) is 4.79 Å². The van der Waals surface area contributed by atoms with Gasteiger partial charge in [-0.15, -0.1) is 0 Å². The van der Waals surface area contributed by atoms with Crippen molar-refractivity contribution in [2.24, 2.45) is 0 Å². The Morgan fingerprint density at radius 1 is 1.12 bits per heavy atom. The Morgan fingerprint density at radius 2 is 1.83 bits per heavy atom. The number of aryl methyl sites for hydroxylation is 1. The van der Waals surface area contributed by atoms with Gasteiger partial charge in [-0.1, -0.05) is 18.2 Å². The maximum Gasteiger partial charge on any atom is 0.387 e. The van der Waals surface area contributed by atoms with Crippen molar-refractivity contribution < 1.29 is 23.0 Å². The molecule has 0 unspecified atom stereocenters. The van der Waals surface area contributed by atoms with Crippen molar-refractivity contribution in [1.29, 1.82) is 0 Å². The van der Waals surface area contributed by atoms with Gasteiger partial charge in [-0.25, -0.2) is 0 Å². The van der Waals surface area contributed by atoms with E-state index in [-0.39, 0.29) is 11.4 Å². The molecular weight excluding hydrogens is 384 g/mol. The van der Waals surface area contributed by atoms with Crippen LogP contribution < -0.4 is 14.8 Å². The summed E-state index contributed by atoms with van der Waals surface area (Å²) < 4.78 is 35.5. The van der Waals surface area contributed by atoms with Crippen molar-refractivity contribution in [3.05, 3.63) is 52.5 Å². The molecule has 0 spiro atoms. The molecule has 0 saturated carbocycles. The SMILES string of the molecule is Cc1ccc(O[C@@H](C)C(=O)Nc2ccccc2OC(F)F)c(Br)c1. The van der Waals surface area contributed by atoms with Crippen molar-refractivity contribution in [3.8, 4) is 11.5 Å². The molecule has 24 heavy (non-hydrogen) atoms. The van der Waals surface area contributed by atoms with Gasteiger partial charge in [0.05, 0.1) is 10.2 Å². The third-order valence-corrected chi connectivity index (χ3v) is 3.74. The zero-order chi connectivity index (χ0) is 17.7. The first-order valence-corrected chi connectivity index (χ1v) is 7.93. The summed E-state index contributed by atoms with van der Waals surface area (Å²) in [4.78, 5) is 12.2. The van der Waals surface area contributed by atoms with Crippen LogP contribution >= 0.6 is 15.9 Å². The molecule has 2 aromatic rings. The number of anilines is 1. The first-order chi connectivity index (χ1) is 11.4. The van der Waals surface area contributed by atoms with Gasteiger partial charge < -0.3 is 14.8 Å². The van der Waals surface area contributed by atoms with Crippen LogP contribution in [0.2, 0.25) is 0 Å². The molecule has 0 heterocycles. The maximum absolute atomic E-state index is 12.4. The van der Waals surface area contributed by atoms with Crippen molar-refractivity contribution in [1.82, 2.24) is 0 Å². The summed E-state index contributed by atoms with van der Waals surface area (Å²) in [6, 6.07) is 11.4. The molecule has 4 nitrogen and oxygen atoms in total. The van der Waals surface area contributed by atoms with Gasteiger partial charge in [0, 0.05) is 0 Å². The molecule has 2 aromatic carbocycles. The van der Waals surface area contributed by atoms with E-state index in [4.69, 9.17) is 4.74 Å². The smallest absolute Gasteiger partial charge is 0.387 e. The highest BCUT2D eigenvalue weighted by Gasteiger charge is 2.18. The van der Waals surface area contributed by atoms with E-state index >= 15 is 0 Å². The number of carbonyl (C=O) groups excluding carboxylic acids is 1. The Hall–Kier alpha value is -2.15. The fourth-order valence-electron chi connectivity index (χ4n) is 1.95. The lowest BCUT2D eigenvalue weighted by Crippen LogP contribution is -2.30. The van der Waals surface area contributed by atoms with Gasteiger partial charge in [0.1, 0.15) is 11.5 Å². The van der Waals surface area contributed by atoms with Crippen LogP contribution in [0.5, 0.6) is 11.5 Å². The summed E-state index contributed by atoms with van der Waals surface area (Å²) in [6.45, 7) is 0.531. The van der Waals surface area contributed by atoms with E-state index in [1.54, 1.807) is 19.1 Å². The summed E-state index contributed by atoms with van der Waals surface area (Å²) in [7, 11) is 0. The molecule has 0 fully saturated rings. The number of hydrogen-bond acceptors (Lipinski definition) is 3. The standard InChI is InChI=1S/C17H16BrF2NO3/c1-10-7-8-14(12(18)9-10)23-11(2)16(22)21-13-5-3-4-6-15(13)24-17(19)20/h3-9,11,17H,1-2H3,(H,21,22)/t11-/m0/s1. The molecule has 0 aliphatic heterocycles. The topological polar surface area (TPSA) is 47.6 Å². The third-order valence-electron chi connectivity index (χ3n) is 3.12. The van der Waals surface area contributed by atoms with E-state index in [1.807, 2.05) is 19.1 Å². The predicted molar refractivity (Wildman–Crippen MR) is 90.7 cm³/mol. The summed E-state index contributed by atoms with van der Waals surface area (Å²) >= 11 is 3.37. The fraction of sp³-hybridized carbons (Fsp3) is 0.235. The number of rotatable bonds is 6.